The highest BCUT2D eigenvalue weighted by Crippen LogP contribution is 2.34. The molecule has 2 aromatic carbocycles. The van der Waals surface area contributed by atoms with Gasteiger partial charge >= 0.3 is 0 Å². The first kappa shape index (κ1) is 16.6. The van der Waals surface area contributed by atoms with Crippen molar-refractivity contribution in [1.29, 1.82) is 0 Å². The van der Waals surface area contributed by atoms with Gasteiger partial charge in [-0.1, -0.05) is 17.7 Å². The Kier molecular flexibility index (Phi) is 4.32. The van der Waals surface area contributed by atoms with E-state index in [1.807, 2.05) is 6.07 Å². The fourth-order valence-corrected chi connectivity index (χ4v) is 3.07. The number of fused-ring (bicyclic) bond motifs is 2. The number of amides is 1. The van der Waals surface area contributed by atoms with Crippen molar-refractivity contribution in [3.05, 3.63) is 59.0 Å². The molecule has 0 saturated heterocycles. The minimum atomic E-state index is -0.700. The van der Waals surface area contributed by atoms with Crippen LogP contribution in [0.25, 0.3) is 10.9 Å². The topological polar surface area (TPSA) is 99.4 Å². The summed E-state index contributed by atoms with van der Waals surface area (Å²) in [5.74, 6) is 0.739. The molecule has 7 nitrogen and oxygen atoms in total. The number of nitrogens with two attached hydrogens (primary N) is 1. The van der Waals surface area contributed by atoms with Crippen molar-refractivity contribution < 1.29 is 14.3 Å². The zero-order valence-electron chi connectivity index (χ0n) is 13.6. The third-order valence-electron chi connectivity index (χ3n) is 4.17. The van der Waals surface area contributed by atoms with Crippen LogP contribution in [0.5, 0.6) is 11.5 Å². The van der Waals surface area contributed by atoms with Crippen molar-refractivity contribution in [2.45, 2.75) is 12.6 Å². The molecule has 3 N–H and O–H groups in total. The van der Waals surface area contributed by atoms with Crippen LogP contribution in [0.2, 0.25) is 5.02 Å². The number of halogens is 1. The fraction of sp³-hybridized carbons (Fsp3) is 0.167. The lowest BCUT2D eigenvalue weighted by molar-refractivity contribution is -0.120. The van der Waals surface area contributed by atoms with E-state index in [9.17, 15) is 4.79 Å². The van der Waals surface area contributed by atoms with Gasteiger partial charge < -0.3 is 15.2 Å². The zero-order valence-corrected chi connectivity index (χ0v) is 14.4. The Hall–Kier alpha value is -2.90. The van der Waals surface area contributed by atoms with Gasteiger partial charge in [-0.05, 0) is 35.9 Å². The normalized spacial score (nSPS) is 13.7. The monoisotopic (exact) mass is 370 g/mol. The van der Waals surface area contributed by atoms with E-state index in [0.717, 1.165) is 16.6 Å². The van der Waals surface area contributed by atoms with E-state index < -0.39 is 11.9 Å². The molecule has 0 saturated carbocycles. The van der Waals surface area contributed by atoms with Gasteiger partial charge in [0, 0.05) is 17.0 Å². The van der Waals surface area contributed by atoms with Crippen molar-refractivity contribution in [3.8, 4) is 11.5 Å². The molecule has 4 rings (SSSR count). The molecule has 132 valence electrons. The molecule has 1 unspecified atom stereocenters. The summed E-state index contributed by atoms with van der Waals surface area (Å²) in [7, 11) is 0. The second-order valence-corrected chi connectivity index (χ2v) is 6.25. The third-order valence-corrected chi connectivity index (χ3v) is 4.40. The van der Waals surface area contributed by atoms with Crippen LogP contribution in [-0.4, -0.2) is 22.7 Å². The Morgan fingerprint density at radius 3 is 2.88 bits per heavy atom. The Bertz CT molecular complexity index is 995. The quantitative estimate of drug-likeness (QED) is 0.715. The van der Waals surface area contributed by atoms with Crippen molar-refractivity contribution in [3.63, 3.8) is 0 Å². The molecule has 0 fully saturated rings. The highest BCUT2D eigenvalue weighted by molar-refractivity contribution is 6.31. The molecular weight excluding hydrogens is 356 g/mol. The van der Waals surface area contributed by atoms with E-state index in [1.165, 1.54) is 6.33 Å². The molecule has 1 atom stereocenters. The standard InChI is InChI=1S/C18H15ClN4O3/c19-11-2-3-13-12(6-11)14(23-8-22-13)7-21-17(18(20)24)10-1-4-15-16(5-10)26-9-25-15/h1-6,8,17,21H,7,9H2,(H2,20,24). The number of nitrogens with one attached hydrogen (secondary N) is 1. The Balaban J connectivity index is 1.61. The maximum Gasteiger partial charge on any atom is 0.239 e. The largest absolute Gasteiger partial charge is 0.454 e. The lowest BCUT2D eigenvalue weighted by Gasteiger charge is -2.16. The number of nitrogens with zero attached hydrogens (tertiary/aromatic N) is 2. The SMILES string of the molecule is NC(=O)C(NCc1ncnc2ccc(Cl)cc12)c1ccc2c(c1)OCO2. The summed E-state index contributed by atoms with van der Waals surface area (Å²) in [4.78, 5) is 20.5. The van der Waals surface area contributed by atoms with Crippen molar-refractivity contribution in [2.75, 3.05) is 6.79 Å². The van der Waals surface area contributed by atoms with E-state index in [1.54, 1.807) is 30.3 Å². The molecule has 26 heavy (non-hydrogen) atoms. The average Bonchev–Trinajstić information content (AvgIpc) is 3.09. The van der Waals surface area contributed by atoms with Gasteiger partial charge in [-0.3, -0.25) is 10.1 Å². The number of hydrogen-bond donors (Lipinski definition) is 2. The van der Waals surface area contributed by atoms with Gasteiger partial charge in [0.15, 0.2) is 11.5 Å². The van der Waals surface area contributed by atoms with Gasteiger partial charge in [0.05, 0.1) is 11.2 Å². The van der Waals surface area contributed by atoms with Crippen LogP contribution in [0.1, 0.15) is 17.3 Å². The van der Waals surface area contributed by atoms with E-state index in [2.05, 4.69) is 15.3 Å². The summed E-state index contributed by atoms with van der Waals surface area (Å²) >= 11 is 6.08. The van der Waals surface area contributed by atoms with Crippen molar-refractivity contribution in [1.82, 2.24) is 15.3 Å². The maximum absolute atomic E-state index is 12.0. The first-order valence-corrected chi connectivity index (χ1v) is 8.31. The average molecular weight is 371 g/mol. The summed E-state index contributed by atoms with van der Waals surface area (Å²) in [5.41, 5.74) is 7.78. The molecule has 0 spiro atoms. The van der Waals surface area contributed by atoms with Crippen LogP contribution < -0.4 is 20.5 Å². The fourth-order valence-electron chi connectivity index (χ4n) is 2.90. The number of carbonyl (C=O) groups excluding carboxylic acids is 1. The maximum atomic E-state index is 12.0. The van der Waals surface area contributed by atoms with Crippen LogP contribution in [-0.2, 0) is 11.3 Å². The van der Waals surface area contributed by atoms with E-state index in [0.29, 0.717) is 28.6 Å². The first-order chi connectivity index (χ1) is 12.6. The number of benzene rings is 2. The van der Waals surface area contributed by atoms with E-state index >= 15 is 0 Å². The van der Waals surface area contributed by atoms with Gasteiger partial charge in [-0.2, -0.15) is 0 Å². The van der Waals surface area contributed by atoms with E-state index in [4.69, 9.17) is 26.8 Å². The number of carbonyl (C=O) groups is 1. The predicted molar refractivity (Wildman–Crippen MR) is 95.9 cm³/mol. The Morgan fingerprint density at radius 1 is 1.19 bits per heavy atom. The Morgan fingerprint density at radius 2 is 2.04 bits per heavy atom. The molecule has 2 heterocycles. The summed E-state index contributed by atoms with van der Waals surface area (Å²) in [6, 6.07) is 9.99. The summed E-state index contributed by atoms with van der Waals surface area (Å²) in [6.07, 6.45) is 1.48. The van der Waals surface area contributed by atoms with Gasteiger partial charge in [0.25, 0.3) is 0 Å². The molecule has 0 aliphatic carbocycles. The third kappa shape index (κ3) is 3.14. The number of aromatic nitrogens is 2. The highest BCUT2D eigenvalue weighted by atomic mass is 35.5. The second-order valence-electron chi connectivity index (χ2n) is 5.81. The number of hydrogen-bond acceptors (Lipinski definition) is 6. The first-order valence-electron chi connectivity index (χ1n) is 7.93. The second kappa shape index (κ2) is 6.78. The number of primary amides is 1. The molecule has 0 bridgehead atoms. The molecule has 1 aliphatic rings. The van der Waals surface area contributed by atoms with Gasteiger partial charge in [-0.15, -0.1) is 0 Å². The minimum Gasteiger partial charge on any atom is -0.454 e. The van der Waals surface area contributed by atoms with Crippen LogP contribution in [0.15, 0.2) is 42.7 Å². The van der Waals surface area contributed by atoms with Crippen LogP contribution in [0.3, 0.4) is 0 Å². The van der Waals surface area contributed by atoms with Crippen molar-refractivity contribution in [2.24, 2.45) is 5.73 Å². The molecule has 8 heteroatoms. The molecule has 1 amide bonds. The lowest BCUT2D eigenvalue weighted by Crippen LogP contribution is -2.33. The van der Waals surface area contributed by atoms with Crippen LogP contribution in [0, 0.1) is 0 Å². The van der Waals surface area contributed by atoms with E-state index in [-0.39, 0.29) is 6.79 Å². The number of ether oxygens (including phenoxy) is 2. The smallest absolute Gasteiger partial charge is 0.239 e. The Labute approximate surface area is 154 Å². The van der Waals surface area contributed by atoms with Gasteiger partial charge in [0.2, 0.25) is 12.7 Å². The summed E-state index contributed by atoms with van der Waals surface area (Å²) in [5, 5.41) is 4.56. The zero-order chi connectivity index (χ0) is 18.1. The highest BCUT2D eigenvalue weighted by Gasteiger charge is 2.22. The molecule has 1 aliphatic heterocycles. The summed E-state index contributed by atoms with van der Waals surface area (Å²) < 4.78 is 10.7. The van der Waals surface area contributed by atoms with Crippen LogP contribution in [0.4, 0.5) is 0 Å². The molecule has 3 aromatic rings. The van der Waals surface area contributed by atoms with Crippen molar-refractivity contribution >= 4 is 28.4 Å². The predicted octanol–water partition coefficient (Wildman–Crippen LogP) is 2.33. The van der Waals surface area contributed by atoms with Gasteiger partial charge in [-0.25, -0.2) is 9.97 Å². The molecule has 1 aromatic heterocycles. The summed E-state index contributed by atoms with van der Waals surface area (Å²) in [6.45, 7) is 0.489. The lowest BCUT2D eigenvalue weighted by atomic mass is 10.1. The van der Waals surface area contributed by atoms with Crippen LogP contribution >= 0.6 is 11.6 Å². The minimum absolute atomic E-state index is 0.168. The molecular formula is C18H15ClN4O3. The van der Waals surface area contributed by atoms with Gasteiger partial charge in [0.1, 0.15) is 12.4 Å². The number of rotatable bonds is 5. The molecule has 0 radical (unpaired) electrons.